The summed E-state index contributed by atoms with van der Waals surface area (Å²) in [6.45, 7) is 6.35. The van der Waals surface area contributed by atoms with Crippen LogP contribution in [0, 0.1) is 24.2 Å². The van der Waals surface area contributed by atoms with Crippen molar-refractivity contribution in [1.29, 1.82) is 5.26 Å². The molecule has 7 rings (SSSR count). The highest BCUT2D eigenvalue weighted by Crippen LogP contribution is 2.41. The zero-order valence-electron chi connectivity index (χ0n) is 26.6. The maximum Gasteiger partial charge on any atom is 0.307 e. The van der Waals surface area contributed by atoms with Crippen LogP contribution in [0.3, 0.4) is 0 Å². The van der Waals surface area contributed by atoms with Crippen molar-refractivity contribution < 1.29 is 15.0 Å². The fourth-order valence-corrected chi connectivity index (χ4v) is 8.24. The number of benzene rings is 2. The summed E-state index contributed by atoms with van der Waals surface area (Å²) in [5.74, 6) is -1.09. The van der Waals surface area contributed by atoms with Crippen molar-refractivity contribution in [2.75, 3.05) is 26.2 Å². The van der Waals surface area contributed by atoms with Crippen molar-refractivity contribution in [3.8, 4) is 28.5 Å². The van der Waals surface area contributed by atoms with Gasteiger partial charge in [-0.3, -0.25) is 19.6 Å². The second-order valence-corrected chi connectivity index (χ2v) is 14.3. The molecule has 48 heavy (non-hydrogen) atoms. The van der Waals surface area contributed by atoms with Gasteiger partial charge in [0.1, 0.15) is 6.07 Å². The summed E-state index contributed by atoms with van der Waals surface area (Å²) in [4.78, 5) is 22.6. The van der Waals surface area contributed by atoms with E-state index in [0.717, 1.165) is 74.9 Å². The number of aliphatic carboxylic acids is 1. The second-order valence-electron chi connectivity index (χ2n) is 12.8. The molecule has 3 aromatic heterocycles. The van der Waals surface area contributed by atoms with Crippen LogP contribution in [0.5, 0.6) is 0 Å². The van der Waals surface area contributed by atoms with E-state index >= 15 is 0 Å². The van der Waals surface area contributed by atoms with Gasteiger partial charge < -0.3 is 14.6 Å². The van der Waals surface area contributed by atoms with Crippen LogP contribution in [0.2, 0.25) is 5.02 Å². The van der Waals surface area contributed by atoms with Gasteiger partial charge in [0.25, 0.3) is 0 Å². The van der Waals surface area contributed by atoms with Gasteiger partial charge in [-0.2, -0.15) is 5.26 Å². The molecule has 2 N–H and O–H groups in total. The Bertz CT molecular complexity index is 2060. The number of aliphatic hydroxyl groups excluding tert-OH is 1. The first-order valence-corrected chi connectivity index (χ1v) is 17.4. The number of pyridine rings is 2. The minimum Gasteiger partial charge on any atom is -0.481 e. The van der Waals surface area contributed by atoms with Crippen molar-refractivity contribution in [3.63, 3.8) is 0 Å². The molecule has 2 saturated heterocycles. The molecule has 0 spiro atoms. The molecule has 5 heterocycles. The van der Waals surface area contributed by atoms with Gasteiger partial charge in [-0.25, -0.2) is 0 Å². The lowest BCUT2D eigenvalue weighted by Gasteiger charge is -2.16. The summed E-state index contributed by atoms with van der Waals surface area (Å²) < 4.78 is 2.00. The van der Waals surface area contributed by atoms with Crippen molar-refractivity contribution in [1.82, 2.24) is 19.2 Å². The first-order valence-electron chi connectivity index (χ1n) is 16.2. The van der Waals surface area contributed by atoms with Crippen molar-refractivity contribution >= 4 is 34.8 Å². The number of carbonyl (C=O) groups is 1. The SMILES string of the molecule is Cc1c(-c2cc3c(C#N)cc(CN4CCC(C(=O)O)C4)cn3c2)cccc1-c1nccc(Sc2cccc(CN3CCC(O)C3)c2)c1Cl. The van der Waals surface area contributed by atoms with Gasteiger partial charge >= 0.3 is 5.97 Å². The number of aliphatic hydroxyl groups is 1. The monoisotopic (exact) mass is 677 g/mol. The predicted molar refractivity (Wildman–Crippen MR) is 188 cm³/mol. The number of nitrogens with zero attached hydrogens (tertiary/aromatic N) is 5. The number of aromatic nitrogens is 2. The average molecular weight is 678 g/mol. The van der Waals surface area contributed by atoms with E-state index in [4.69, 9.17) is 16.6 Å². The van der Waals surface area contributed by atoms with Crippen LogP contribution in [0.25, 0.3) is 27.9 Å². The lowest BCUT2D eigenvalue weighted by atomic mass is 9.96. The molecule has 0 radical (unpaired) electrons. The number of hydrogen-bond donors (Lipinski definition) is 2. The third-order valence-electron chi connectivity index (χ3n) is 9.44. The molecule has 2 aliphatic rings. The van der Waals surface area contributed by atoms with Crippen molar-refractivity contribution in [3.05, 3.63) is 107 Å². The third-order valence-corrected chi connectivity index (χ3v) is 11.0. The van der Waals surface area contributed by atoms with Crippen molar-refractivity contribution in [2.24, 2.45) is 5.92 Å². The van der Waals surface area contributed by atoms with Gasteiger partial charge in [0, 0.05) is 72.2 Å². The summed E-state index contributed by atoms with van der Waals surface area (Å²) in [6, 6.07) is 22.9. The number of carboxylic acids is 1. The maximum atomic E-state index is 11.4. The molecule has 2 fully saturated rings. The molecule has 2 aliphatic heterocycles. The normalized spacial score (nSPS) is 18.5. The quantitative estimate of drug-likeness (QED) is 0.170. The van der Waals surface area contributed by atoms with Gasteiger partial charge in [0.15, 0.2) is 0 Å². The Balaban J connectivity index is 1.15. The highest BCUT2D eigenvalue weighted by molar-refractivity contribution is 7.99. The van der Waals surface area contributed by atoms with E-state index in [1.165, 1.54) is 5.56 Å². The fraction of sp³-hybridized carbons (Fsp3) is 0.289. The molecule has 0 bridgehead atoms. The molecular formula is C38H36ClN5O3S. The fourth-order valence-electron chi connectivity index (χ4n) is 6.98. The molecule has 8 nitrogen and oxygen atoms in total. The van der Waals surface area contributed by atoms with Crippen LogP contribution < -0.4 is 0 Å². The van der Waals surface area contributed by atoms with E-state index < -0.39 is 5.97 Å². The van der Waals surface area contributed by atoms with Crippen LogP contribution in [0.1, 0.15) is 35.1 Å². The van der Waals surface area contributed by atoms with Gasteiger partial charge in [-0.05, 0) is 78.9 Å². The zero-order valence-corrected chi connectivity index (χ0v) is 28.2. The average Bonchev–Trinajstić information content (AvgIpc) is 3.82. The molecule has 2 atom stereocenters. The van der Waals surface area contributed by atoms with E-state index in [2.05, 4.69) is 53.1 Å². The standard InChI is InChI=1S/C38H36ClN5O3S/c1-24-32(29-16-34-28(17-40)14-26(20-44(34)22-29)19-42-12-9-27(21-42)38(46)47)6-3-7-33(24)37-36(39)35(8-11-41-37)48-31-5-2-4-25(15-31)18-43-13-10-30(45)23-43/h2-8,11,14-16,20,22,27,30,45H,9-10,12-13,18-19,21,23H2,1H3,(H,46,47). The lowest BCUT2D eigenvalue weighted by molar-refractivity contribution is -0.141. The van der Waals surface area contributed by atoms with Crippen LogP contribution in [-0.2, 0) is 17.9 Å². The number of carboxylic acid groups (broad SMARTS) is 1. The number of nitriles is 1. The number of rotatable bonds is 9. The summed E-state index contributed by atoms with van der Waals surface area (Å²) in [5.41, 5.74) is 8.30. The smallest absolute Gasteiger partial charge is 0.307 e. The highest BCUT2D eigenvalue weighted by Gasteiger charge is 2.28. The molecule has 2 unspecified atom stereocenters. The first kappa shape index (κ1) is 32.4. The van der Waals surface area contributed by atoms with Crippen LogP contribution in [0.15, 0.2) is 89.0 Å². The summed E-state index contributed by atoms with van der Waals surface area (Å²) in [7, 11) is 0. The Hall–Kier alpha value is -4.17. The van der Waals surface area contributed by atoms with Crippen LogP contribution >= 0.6 is 23.4 Å². The van der Waals surface area contributed by atoms with Crippen LogP contribution in [0.4, 0.5) is 0 Å². The number of fused-ring (bicyclic) bond motifs is 1. The molecule has 5 aromatic rings. The van der Waals surface area contributed by atoms with Crippen molar-refractivity contribution in [2.45, 2.75) is 48.7 Å². The number of β-amino-alcohol motifs (C(OH)–C–C–N with tert-alkyl or cyclic N) is 1. The predicted octanol–water partition coefficient (Wildman–Crippen LogP) is 7.13. The van der Waals surface area contributed by atoms with Gasteiger partial charge in [-0.15, -0.1) is 0 Å². The number of halogens is 1. The largest absolute Gasteiger partial charge is 0.481 e. The minimum atomic E-state index is -0.749. The van der Waals surface area contributed by atoms with E-state index in [-0.39, 0.29) is 12.0 Å². The Morgan fingerprint density at radius 3 is 2.54 bits per heavy atom. The maximum absolute atomic E-state index is 11.4. The topological polar surface area (TPSA) is 105 Å². The Labute approximate surface area is 289 Å². The Morgan fingerprint density at radius 1 is 1.00 bits per heavy atom. The first-order chi connectivity index (χ1) is 23.2. The minimum absolute atomic E-state index is 0.236. The Kier molecular flexibility index (Phi) is 9.27. The van der Waals surface area contributed by atoms with Crippen LogP contribution in [-0.4, -0.2) is 67.6 Å². The molecule has 10 heteroatoms. The Morgan fingerprint density at radius 2 is 1.77 bits per heavy atom. The highest BCUT2D eigenvalue weighted by atomic mass is 35.5. The third kappa shape index (κ3) is 6.73. The molecule has 0 aliphatic carbocycles. The molecule has 0 amide bonds. The van der Waals surface area contributed by atoms with E-state index in [1.807, 2.05) is 47.1 Å². The van der Waals surface area contributed by atoms with E-state index in [9.17, 15) is 20.3 Å². The van der Waals surface area contributed by atoms with E-state index in [1.54, 1.807) is 18.0 Å². The summed E-state index contributed by atoms with van der Waals surface area (Å²) in [5, 5.41) is 29.9. The second kappa shape index (κ2) is 13.7. The summed E-state index contributed by atoms with van der Waals surface area (Å²) in [6.07, 6.45) is 7.12. The lowest BCUT2D eigenvalue weighted by Crippen LogP contribution is -2.23. The molecule has 0 saturated carbocycles. The number of hydrogen-bond acceptors (Lipinski definition) is 7. The number of likely N-dealkylation sites (tertiary alicyclic amines) is 2. The van der Waals surface area contributed by atoms with E-state index in [0.29, 0.717) is 36.6 Å². The summed E-state index contributed by atoms with van der Waals surface area (Å²) >= 11 is 8.69. The van der Waals surface area contributed by atoms with Gasteiger partial charge in [0.2, 0.25) is 0 Å². The molecular weight excluding hydrogens is 642 g/mol. The molecule has 2 aromatic carbocycles. The van der Waals surface area contributed by atoms with Gasteiger partial charge in [0.05, 0.1) is 33.8 Å². The van der Waals surface area contributed by atoms with Gasteiger partial charge in [-0.1, -0.05) is 53.7 Å². The zero-order chi connectivity index (χ0) is 33.4. The molecule has 244 valence electrons.